The maximum absolute atomic E-state index is 12.6. The predicted octanol–water partition coefficient (Wildman–Crippen LogP) is 4.69. The summed E-state index contributed by atoms with van der Waals surface area (Å²) in [6, 6.07) is 12.9. The van der Waals surface area contributed by atoms with Crippen LogP contribution in [0.15, 0.2) is 53.5 Å². The summed E-state index contributed by atoms with van der Waals surface area (Å²) in [7, 11) is 0. The molecule has 1 heterocycles. The molecule has 0 saturated carbocycles. The molecule has 1 aliphatic rings. The molecule has 0 bridgehead atoms. The van der Waals surface area contributed by atoms with Crippen molar-refractivity contribution in [2.24, 2.45) is 4.99 Å². The van der Waals surface area contributed by atoms with Crippen LogP contribution in [0, 0.1) is 6.92 Å². The molecule has 1 amide bonds. The van der Waals surface area contributed by atoms with Crippen LogP contribution in [0.4, 0.5) is 13.2 Å². The van der Waals surface area contributed by atoms with Crippen molar-refractivity contribution in [3.8, 4) is 0 Å². The van der Waals surface area contributed by atoms with Crippen LogP contribution in [0.1, 0.15) is 22.3 Å². The summed E-state index contributed by atoms with van der Waals surface area (Å²) in [4.78, 5) is 18.6. The Kier molecular flexibility index (Phi) is 5.89. The first-order valence-electron chi connectivity index (χ1n) is 8.52. The summed E-state index contributed by atoms with van der Waals surface area (Å²) in [5.41, 5.74) is 2.16. The molecule has 0 aliphatic carbocycles. The number of carbonyl (C=O) groups is 1. The van der Waals surface area contributed by atoms with Gasteiger partial charge in [0.15, 0.2) is 5.17 Å². The third-order valence-electron chi connectivity index (χ3n) is 4.19. The van der Waals surface area contributed by atoms with Crippen molar-refractivity contribution >= 4 is 22.8 Å². The van der Waals surface area contributed by atoms with Gasteiger partial charge in [0.05, 0.1) is 18.5 Å². The van der Waals surface area contributed by atoms with Crippen LogP contribution in [0.3, 0.4) is 0 Å². The number of amidine groups is 1. The predicted molar refractivity (Wildman–Crippen MR) is 102 cm³/mol. The van der Waals surface area contributed by atoms with Gasteiger partial charge in [-0.1, -0.05) is 53.7 Å². The molecular weight excluding hydrogens is 373 g/mol. The molecule has 2 aromatic carbocycles. The Morgan fingerprint density at radius 1 is 1.15 bits per heavy atom. The van der Waals surface area contributed by atoms with Crippen LogP contribution in [-0.2, 0) is 23.1 Å². The molecule has 0 atom stereocenters. The maximum atomic E-state index is 12.6. The highest BCUT2D eigenvalue weighted by atomic mass is 32.2. The van der Waals surface area contributed by atoms with Gasteiger partial charge in [0.25, 0.3) is 0 Å². The molecule has 3 rings (SSSR count). The monoisotopic (exact) mass is 392 g/mol. The second-order valence-electron chi connectivity index (χ2n) is 6.36. The smallest absolute Gasteiger partial charge is 0.289 e. The van der Waals surface area contributed by atoms with E-state index in [1.54, 1.807) is 4.90 Å². The average Bonchev–Trinajstić information content (AvgIpc) is 3.08. The summed E-state index contributed by atoms with van der Waals surface area (Å²) in [5, 5.41) is 0.632. The van der Waals surface area contributed by atoms with Gasteiger partial charge >= 0.3 is 6.18 Å². The van der Waals surface area contributed by atoms with Gasteiger partial charge in [-0.2, -0.15) is 13.2 Å². The van der Waals surface area contributed by atoms with Gasteiger partial charge in [0.2, 0.25) is 5.91 Å². The van der Waals surface area contributed by atoms with Gasteiger partial charge in [-0.15, -0.1) is 0 Å². The zero-order valence-corrected chi connectivity index (χ0v) is 15.6. The Balaban J connectivity index is 1.59. The topological polar surface area (TPSA) is 32.7 Å². The fraction of sp³-hybridized carbons (Fsp3) is 0.300. The van der Waals surface area contributed by atoms with E-state index in [2.05, 4.69) is 4.99 Å². The number of carbonyl (C=O) groups excluding carboxylic acids is 1. The van der Waals surface area contributed by atoms with Crippen LogP contribution < -0.4 is 0 Å². The Morgan fingerprint density at radius 3 is 2.56 bits per heavy atom. The van der Waals surface area contributed by atoms with Gasteiger partial charge in [-0.05, 0) is 30.2 Å². The van der Waals surface area contributed by atoms with E-state index in [0.717, 1.165) is 28.8 Å². The minimum Gasteiger partial charge on any atom is -0.289 e. The highest BCUT2D eigenvalue weighted by Crippen LogP contribution is 2.30. The van der Waals surface area contributed by atoms with Gasteiger partial charge < -0.3 is 0 Å². The van der Waals surface area contributed by atoms with Crippen LogP contribution in [-0.4, -0.2) is 29.1 Å². The Morgan fingerprint density at radius 2 is 1.89 bits per heavy atom. The number of rotatable bonds is 4. The van der Waals surface area contributed by atoms with E-state index < -0.39 is 11.7 Å². The Hall–Kier alpha value is -2.28. The molecule has 1 aliphatic heterocycles. The van der Waals surface area contributed by atoms with Crippen LogP contribution in [0.25, 0.3) is 0 Å². The lowest BCUT2D eigenvalue weighted by atomic mass is 10.1. The summed E-state index contributed by atoms with van der Waals surface area (Å²) in [6.45, 7) is 3.07. The quantitative estimate of drug-likeness (QED) is 0.756. The largest absolute Gasteiger partial charge is 0.416 e. The van der Waals surface area contributed by atoms with Crippen molar-refractivity contribution < 1.29 is 18.0 Å². The van der Waals surface area contributed by atoms with E-state index in [-0.39, 0.29) is 5.91 Å². The first-order valence-corrected chi connectivity index (χ1v) is 9.51. The summed E-state index contributed by atoms with van der Waals surface area (Å²) < 4.78 is 37.9. The standard InChI is InChI=1S/C20H19F3N2OS/c1-14-3-2-4-16(11-14)12-18(26)25-10-9-24-19(25)27-13-15-5-7-17(8-6-15)20(21,22)23/h2-8,11H,9-10,12-13H2,1H3. The molecule has 27 heavy (non-hydrogen) atoms. The average molecular weight is 392 g/mol. The minimum absolute atomic E-state index is 0.0169. The third-order valence-corrected chi connectivity index (χ3v) is 5.28. The Bertz CT molecular complexity index is 847. The number of hydrogen-bond acceptors (Lipinski definition) is 3. The van der Waals surface area contributed by atoms with Crippen LogP contribution >= 0.6 is 11.8 Å². The zero-order chi connectivity index (χ0) is 19.4. The number of aryl methyl sites for hydroxylation is 1. The number of aliphatic imine (C=N–C) groups is 1. The molecule has 142 valence electrons. The van der Waals surface area contributed by atoms with E-state index in [0.29, 0.717) is 30.4 Å². The molecule has 3 nitrogen and oxygen atoms in total. The number of hydrogen-bond donors (Lipinski definition) is 0. The van der Waals surface area contributed by atoms with Crippen LogP contribution in [0.2, 0.25) is 0 Å². The molecule has 0 fully saturated rings. The fourth-order valence-corrected chi connectivity index (χ4v) is 3.83. The zero-order valence-electron chi connectivity index (χ0n) is 14.8. The molecule has 0 saturated heterocycles. The van der Waals surface area contributed by atoms with Crippen molar-refractivity contribution in [2.45, 2.75) is 25.3 Å². The fourth-order valence-electron chi connectivity index (χ4n) is 2.81. The SMILES string of the molecule is Cc1cccc(CC(=O)N2CCN=C2SCc2ccc(C(F)(F)F)cc2)c1. The van der Waals surface area contributed by atoms with Crippen LogP contribution in [0.5, 0.6) is 0 Å². The van der Waals surface area contributed by atoms with E-state index >= 15 is 0 Å². The van der Waals surface area contributed by atoms with E-state index in [4.69, 9.17) is 0 Å². The normalized spacial score (nSPS) is 14.4. The first kappa shape index (κ1) is 19.5. The van der Waals surface area contributed by atoms with Crippen molar-refractivity contribution in [2.75, 3.05) is 13.1 Å². The number of nitrogens with zero attached hydrogens (tertiary/aromatic N) is 2. The number of halogens is 3. The van der Waals surface area contributed by atoms with Gasteiger partial charge in [-0.3, -0.25) is 14.7 Å². The number of amides is 1. The molecule has 0 aromatic heterocycles. The molecule has 0 radical (unpaired) electrons. The number of benzene rings is 2. The number of thioether (sulfide) groups is 1. The molecule has 7 heteroatoms. The van der Waals surface area contributed by atoms with Crippen molar-refractivity contribution in [1.29, 1.82) is 0 Å². The van der Waals surface area contributed by atoms with E-state index in [1.165, 1.54) is 23.9 Å². The lowest BCUT2D eigenvalue weighted by Crippen LogP contribution is -2.34. The molecule has 0 spiro atoms. The van der Waals surface area contributed by atoms with Gasteiger partial charge in [-0.25, -0.2) is 0 Å². The summed E-state index contributed by atoms with van der Waals surface area (Å²) in [5.74, 6) is 0.447. The van der Waals surface area contributed by atoms with Crippen molar-refractivity contribution in [3.05, 3.63) is 70.8 Å². The minimum atomic E-state index is -4.33. The second kappa shape index (κ2) is 8.17. The molecule has 2 aromatic rings. The number of alkyl halides is 3. The van der Waals surface area contributed by atoms with Crippen molar-refractivity contribution in [1.82, 2.24) is 4.90 Å². The van der Waals surface area contributed by atoms with E-state index in [1.807, 2.05) is 31.2 Å². The lowest BCUT2D eigenvalue weighted by molar-refractivity contribution is -0.137. The summed E-state index contributed by atoms with van der Waals surface area (Å²) in [6.07, 6.45) is -4.03. The second-order valence-corrected chi connectivity index (χ2v) is 7.30. The highest BCUT2D eigenvalue weighted by Gasteiger charge is 2.30. The van der Waals surface area contributed by atoms with E-state index in [9.17, 15) is 18.0 Å². The lowest BCUT2D eigenvalue weighted by Gasteiger charge is -2.18. The Labute approximate surface area is 160 Å². The molecule has 0 unspecified atom stereocenters. The maximum Gasteiger partial charge on any atom is 0.416 e. The molecular formula is C20H19F3N2OS. The highest BCUT2D eigenvalue weighted by molar-refractivity contribution is 8.13. The molecule has 0 N–H and O–H groups in total. The van der Waals surface area contributed by atoms with Gasteiger partial charge in [0, 0.05) is 12.3 Å². The van der Waals surface area contributed by atoms with Crippen molar-refractivity contribution in [3.63, 3.8) is 0 Å². The van der Waals surface area contributed by atoms with Gasteiger partial charge in [0.1, 0.15) is 0 Å². The third kappa shape index (κ3) is 5.13. The first-order chi connectivity index (χ1) is 12.8. The summed E-state index contributed by atoms with van der Waals surface area (Å²) >= 11 is 1.37.